The van der Waals surface area contributed by atoms with Gasteiger partial charge in [-0.1, -0.05) is 48.0 Å². The van der Waals surface area contributed by atoms with Crippen molar-refractivity contribution in [2.45, 2.75) is 37.1 Å². The maximum atomic E-state index is 12.4. The minimum Gasteiger partial charge on any atom is -0.374 e. The maximum Gasteiger partial charge on any atom is 0.297 e. The smallest absolute Gasteiger partial charge is 0.297 e. The molecular weight excluding hydrogens is 340 g/mol. The van der Waals surface area contributed by atoms with Crippen LogP contribution in [0, 0.1) is 6.92 Å². The van der Waals surface area contributed by atoms with E-state index in [1.807, 2.05) is 37.3 Å². The van der Waals surface area contributed by atoms with E-state index in [1.165, 1.54) is 0 Å². The van der Waals surface area contributed by atoms with E-state index in [4.69, 9.17) is 13.7 Å². The molecule has 0 amide bonds. The average Bonchev–Trinajstić information content (AvgIpc) is 3.03. The first kappa shape index (κ1) is 18.1. The second kappa shape index (κ2) is 8.10. The molecule has 1 saturated heterocycles. The zero-order valence-corrected chi connectivity index (χ0v) is 14.9. The van der Waals surface area contributed by atoms with Crippen LogP contribution in [0.25, 0.3) is 0 Å². The molecule has 1 heterocycles. The highest BCUT2D eigenvalue weighted by Gasteiger charge is 2.34. The molecule has 1 aliphatic heterocycles. The Balaban J connectivity index is 1.57. The van der Waals surface area contributed by atoms with E-state index in [9.17, 15) is 8.42 Å². The van der Waals surface area contributed by atoms with E-state index in [-0.39, 0.29) is 11.0 Å². The Labute approximate surface area is 148 Å². The van der Waals surface area contributed by atoms with Crippen molar-refractivity contribution in [3.8, 4) is 0 Å². The van der Waals surface area contributed by atoms with Crippen LogP contribution in [-0.2, 0) is 30.4 Å². The molecule has 0 unspecified atom stereocenters. The first-order chi connectivity index (χ1) is 12.0. The van der Waals surface area contributed by atoms with E-state index >= 15 is 0 Å². The van der Waals surface area contributed by atoms with Gasteiger partial charge in [-0.05, 0) is 24.6 Å². The molecule has 0 bridgehead atoms. The second-order valence-electron chi connectivity index (χ2n) is 6.10. The van der Waals surface area contributed by atoms with Crippen molar-refractivity contribution in [2.24, 2.45) is 0 Å². The summed E-state index contributed by atoms with van der Waals surface area (Å²) in [5.74, 6) is 0. The van der Waals surface area contributed by atoms with E-state index in [0.717, 1.165) is 11.1 Å². The minimum absolute atomic E-state index is 0.161. The molecule has 2 aromatic rings. The Kier molecular flexibility index (Phi) is 5.86. The monoisotopic (exact) mass is 362 g/mol. The molecule has 3 rings (SSSR count). The van der Waals surface area contributed by atoms with Gasteiger partial charge in [-0.25, -0.2) is 0 Å². The number of ether oxygens (including phenoxy) is 2. The zero-order chi connectivity index (χ0) is 17.7. The quantitative estimate of drug-likeness (QED) is 0.709. The standard InChI is InChI=1S/C19H22O5S/c1-15-7-9-17(10-8-15)25(20,21)24-18-11-12-23-19(18)14-22-13-16-5-3-2-4-6-16/h2-10,18-19H,11-14H2,1H3/t18-,19-/m0/s1. The summed E-state index contributed by atoms with van der Waals surface area (Å²) in [6.07, 6.45) is -0.379. The molecule has 0 saturated carbocycles. The van der Waals surface area contributed by atoms with Gasteiger partial charge in [-0.15, -0.1) is 0 Å². The summed E-state index contributed by atoms with van der Waals surface area (Å²) in [6, 6.07) is 16.4. The highest BCUT2D eigenvalue weighted by Crippen LogP contribution is 2.23. The summed E-state index contributed by atoms with van der Waals surface area (Å²) in [4.78, 5) is 0.161. The fourth-order valence-electron chi connectivity index (χ4n) is 2.68. The van der Waals surface area contributed by atoms with Gasteiger partial charge in [0.05, 0.1) is 18.1 Å². The SMILES string of the molecule is Cc1ccc(S(=O)(=O)O[C@H]2CCO[C@H]2COCc2ccccc2)cc1. The molecule has 6 heteroatoms. The lowest BCUT2D eigenvalue weighted by Gasteiger charge is -2.19. The van der Waals surface area contributed by atoms with E-state index in [1.54, 1.807) is 24.3 Å². The summed E-state index contributed by atoms with van der Waals surface area (Å²) >= 11 is 0. The van der Waals surface area contributed by atoms with Crippen LogP contribution in [0.5, 0.6) is 0 Å². The predicted octanol–water partition coefficient (Wildman–Crippen LogP) is 3.07. The van der Waals surface area contributed by atoms with Gasteiger partial charge >= 0.3 is 0 Å². The summed E-state index contributed by atoms with van der Waals surface area (Å²) in [5, 5.41) is 0. The number of aryl methyl sites for hydroxylation is 1. The van der Waals surface area contributed by atoms with Crippen LogP contribution in [0.1, 0.15) is 17.5 Å². The van der Waals surface area contributed by atoms with Gasteiger partial charge in [0.1, 0.15) is 12.2 Å². The molecule has 1 aliphatic rings. The minimum atomic E-state index is -3.81. The normalized spacial score (nSPS) is 20.7. The topological polar surface area (TPSA) is 61.8 Å². The van der Waals surface area contributed by atoms with E-state index in [2.05, 4.69) is 0 Å². The molecular formula is C19H22O5S. The molecule has 5 nitrogen and oxygen atoms in total. The van der Waals surface area contributed by atoms with Crippen LogP contribution >= 0.6 is 0 Å². The Morgan fingerprint density at radius 2 is 1.80 bits per heavy atom. The second-order valence-corrected chi connectivity index (χ2v) is 7.67. The summed E-state index contributed by atoms with van der Waals surface area (Å²) in [7, 11) is -3.81. The number of hydrogen-bond donors (Lipinski definition) is 0. The van der Waals surface area contributed by atoms with Crippen molar-refractivity contribution < 1.29 is 22.1 Å². The zero-order valence-electron chi connectivity index (χ0n) is 14.1. The average molecular weight is 362 g/mol. The lowest BCUT2D eigenvalue weighted by Crippen LogP contribution is -2.31. The fourth-order valence-corrected chi connectivity index (χ4v) is 3.81. The third-order valence-electron chi connectivity index (χ3n) is 4.10. The van der Waals surface area contributed by atoms with Crippen molar-refractivity contribution in [3.05, 3.63) is 65.7 Å². The van der Waals surface area contributed by atoms with Crippen molar-refractivity contribution in [1.82, 2.24) is 0 Å². The Hall–Kier alpha value is -1.73. The Morgan fingerprint density at radius 1 is 1.08 bits per heavy atom. The van der Waals surface area contributed by atoms with Gasteiger partial charge in [-0.2, -0.15) is 8.42 Å². The fraction of sp³-hybridized carbons (Fsp3) is 0.368. The van der Waals surface area contributed by atoms with Crippen LogP contribution < -0.4 is 0 Å². The molecule has 134 valence electrons. The Morgan fingerprint density at radius 3 is 2.52 bits per heavy atom. The van der Waals surface area contributed by atoms with Crippen molar-refractivity contribution in [2.75, 3.05) is 13.2 Å². The van der Waals surface area contributed by atoms with Crippen LogP contribution in [0.3, 0.4) is 0 Å². The summed E-state index contributed by atoms with van der Waals surface area (Å²) in [5.41, 5.74) is 2.06. The molecule has 1 fully saturated rings. The third-order valence-corrected chi connectivity index (χ3v) is 5.45. The highest BCUT2D eigenvalue weighted by atomic mass is 32.2. The van der Waals surface area contributed by atoms with Crippen LogP contribution in [0.15, 0.2) is 59.5 Å². The van der Waals surface area contributed by atoms with E-state index in [0.29, 0.717) is 26.2 Å². The highest BCUT2D eigenvalue weighted by molar-refractivity contribution is 7.86. The van der Waals surface area contributed by atoms with Crippen molar-refractivity contribution in [3.63, 3.8) is 0 Å². The molecule has 25 heavy (non-hydrogen) atoms. The molecule has 2 aromatic carbocycles. The maximum absolute atomic E-state index is 12.4. The molecule has 0 spiro atoms. The lowest BCUT2D eigenvalue weighted by atomic mass is 10.2. The molecule has 0 aliphatic carbocycles. The van der Waals surface area contributed by atoms with Gasteiger partial charge in [0.2, 0.25) is 0 Å². The van der Waals surface area contributed by atoms with Crippen molar-refractivity contribution in [1.29, 1.82) is 0 Å². The van der Waals surface area contributed by atoms with E-state index < -0.39 is 16.2 Å². The largest absolute Gasteiger partial charge is 0.374 e. The number of benzene rings is 2. The van der Waals surface area contributed by atoms with Crippen molar-refractivity contribution >= 4 is 10.1 Å². The van der Waals surface area contributed by atoms with Gasteiger partial charge in [0.25, 0.3) is 10.1 Å². The van der Waals surface area contributed by atoms with Gasteiger partial charge < -0.3 is 9.47 Å². The molecule has 0 aromatic heterocycles. The lowest BCUT2D eigenvalue weighted by molar-refractivity contribution is -0.0211. The number of rotatable bonds is 7. The van der Waals surface area contributed by atoms with Gasteiger partial charge in [0.15, 0.2) is 0 Å². The molecule has 2 atom stereocenters. The van der Waals surface area contributed by atoms with Crippen LogP contribution in [-0.4, -0.2) is 33.8 Å². The first-order valence-corrected chi connectivity index (χ1v) is 9.69. The summed E-state index contributed by atoms with van der Waals surface area (Å²) < 4.78 is 41.5. The third kappa shape index (κ3) is 4.89. The van der Waals surface area contributed by atoms with Crippen LogP contribution in [0.2, 0.25) is 0 Å². The Bertz CT molecular complexity index is 771. The summed E-state index contributed by atoms with van der Waals surface area (Å²) in [6.45, 7) is 3.12. The predicted molar refractivity (Wildman–Crippen MR) is 93.7 cm³/mol. The van der Waals surface area contributed by atoms with Crippen LogP contribution in [0.4, 0.5) is 0 Å². The molecule has 0 radical (unpaired) electrons. The van der Waals surface area contributed by atoms with Gasteiger partial charge in [-0.3, -0.25) is 4.18 Å². The van der Waals surface area contributed by atoms with Gasteiger partial charge in [0, 0.05) is 13.0 Å². The first-order valence-electron chi connectivity index (χ1n) is 8.28. The molecule has 0 N–H and O–H groups in total. The number of hydrogen-bond acceptors (Lipinski definition) is 5.